The van der Waals surface area contributed by atoms with Crippen molar-refractivity contribution in [1.82, 2.24) is 15.1 Å². The van der Waals surface area contributed by atoms with E-state index in [0.717, 1.165) is 5.56 Å². The van der Waals surface area contributed by atoms with Gasteiger partial charge in [-0.3, -0.25) is 14.4 Å². The lowest BCUT2D eigenvalue weighted by molar-refractivity contribution is -0.143. The second-order valence-electron chi connectivity index (χ2n) is 6.85. The first-order valence-corrected chi connectivity index (χ1v) is 9.51. The van der Waals surface area contributed by atoms with Crippen LogP contribution >= 0.6 is 0 Å². The summed E-state index contributed by atoms with van der Waals surface area (Å²) in [4.78, 5) is 41.0. The Labute approximate surface area is 160 Å². The molecule has 0 bridgehead atoms. The third-order valence-corrected chi connectivity index (χ3v) is 5.02. The molecule has 1 aliphatic heterocycles. The quantitative estimate of drug-likeness (QED) is 0.792. The Morgan fingerprint density at radius 1 is 1.22 bits per heavy atom. The normalized spacial score (nSPS) is 19.0. The molecule has 0 saturated carbocycles. The molecule has 1 aromatic rings. The van der Waals surface area contributed by atoms with Gasteiger partial charge in [-0.1, -0.05) is 18.6 Å². The van der Waals surface area contributed by atoms with Crippen LogP contribution in [0.15, 0.2) is 18.2 Å². The van der Waals surface area contributed by atoms with Crippen molar-refractivity contribution in [3.8, 4) is 5.75 Å². The monoisotopic (exact) mass is 375 g/mol. The van der Waals surface area contributed by atoms with Crippen LogP contribution in [0, 0.1) is 6.92 Å². The predicted molar refractivity (Wildman–Crippen MR) is 102 cm³/mol. The van der Waals surface area contributed by atoms with Gasteiger partial charge in [0.05, 0.1) is 5.56 Å². The Bertz CT molecular complexity index is 715. The summed E-state index contributed by atoms with van der Waals surface area (Å²) in [5.41, 5.74) is 1.06. The molecular formula is C20H29N3O4. The van der Waals surface area contributed by atoms with E-state index < -0.39 is 11.9 Å². The number of nitrogens with zero attached hydrogens (tertiary/aromatic N) is 2. The molecule has 1 aliphatic rings. The predicted octanol–water partition coefficient (Wildman–Crippen LogP) is 1.68. The lowest BCUT2D eigenvalue weighted by atomic mass is 10.1. The van der Waals surface area contributed by atoms with Crippen LogP contribution in [0.1, 0.15) is 49.5 Å². The molecule has 0 aromatic heterocycles. The summed E-state index contributed by atoms with van der Waals surface area (Å²) in [6.45, 7) is 8.86. The minimum absolute atomic E-state index is 0.0862. The Balaban J connectivity index is 2.17. The number of rotatable bonds is 6. The summed E-state index contributed by atoms with van der Waals surface area (Å²) in [5.74, 6) is -0.679. The van der Waals surface area contributed by atoms with Gasteiger partial charge in [0.2, 0.25) is 11.8 Å². The van der Waals surface area contributed by atoms with Crippen molar-refractivity contribution in [2.24, 2.45) is 0 Å². The number of hydrogen-bond donors (Lipinski definition) is 2. The zero-order chi connectivity index (χ0) is 20.1. The maximum atomic E-state index is 12.8. The summed E-state index contributed by atoms with van der Waals surface area (Å²) in [6.07, 6.45) is 0.681. The minimum atomic E-state index is -0.561. The minimum Gasteiger partial charge on any atom is -0.507 e. The van der Waals surface area contributed by atoms with Crippen LogP contribution in [0.3, 0.4) is 0 Å². The molecular weight excluding hydrogens is 346 g/mol. The Morgan fingerprint density at radius 2 is 1.89 bits per heavy atom. The molecule has 0 spiro atoms. The summed E-state index contributed by atoms with van der Waals surface area (Å²) in [7, 11) is 0. The van der Waals surface area contributed by atoms with Gasteiger partial charge < -0.3 is 20.2 Å². The fourth-order valence-electron chi connectivity index (χ4n) is 3.49. The summed E-state index contributed by atoms with van der Waals surface area (Å²) >= 11 is 0. The molecule has 2 atom stereocenters. The molecule has 0 radical (unpaired) electrons. The highest BCUT2D eigenvalue weighted by molar-refractivity contribution is 5.97. The van der Waals surface area contributed by atoms with Crippen LogP contribution in [0.25, 0.3) is 0 Å². The number of amides is 3. The maximum absolute atomic E-state index is 12.8. The number of phenolic OH excluding ortho intramolecular Hbond substituents is 1. The van der Waals surface area contributed by atoms with E-state index in [-0.39, 0.29) is 29.2 Å². The zero-order valence-electron chi connectivity index (χ0n) is 16.5. The van der Waals surface area contributed by atoms with Gasteiger partial charge in [-0.15, -0.1) is 0 Å². The fraction of sp³-hybridized carbons (Fsp3) is 0.550. The number of carbonyl (C=O) groups is 3. The van der Waals surface area contributed by atoms with Crippen LogP contribution in [-0.2, 0) is 9.59 Å². The Hall–Kier alpha value is -2.57. The van der Waals surface area contributed by atoms with Crippen LogP contribution < -0.4 is 5.32 Å². The SMILES string of the molecule is CCC(=O)N1C[C@H](NC(=O)c2cc(C)ccc2O)C[C@H]1C(=O)N(CC)CC. The summed E-state index contributed by atoms with van der Waals surface area (Å²) < 4.78 is 0. The van der Waals surface area contributed by atoms with E-state index in [1.807, 2.05) is 20.8 Å². The van der Waals surface area contributed by atoms with Crippen molar-refractivity contribution >= 4 is 17.7 Å². The zero-order valence-corrected chi connectivity index (χ0v) is 16.5. The molecule has 3 amide bonds. The van der Waals surface area contributed by atoms with Gasteiger partial charge in [0.25, 0.3) is 5.91 Å². The van der Waals surface area contributed by atoms with E-state index in [4.69, 9.17) is 0 Å². The standard InChI is InChI=1S/C20H29N3O4/c1-5-18(25)23-12-14(11-16(23)20(27)22(6-2)7-3)21-19(26)15-10-13(4)8-9-17(15)24/h8-10,14,16,24H,5-7,11-12H2,1-4H3,(H,21,26)/t14-,16+/m1/s1. The van der Waals surface area contributed by atoms with E-state index in [2.05, 4.69) is 5.32 Å². The summed E-state index contributed by atoms with van der Waals surface area (Å²) in [5, 5.41) is 12.8. The van der Waals surface area contributed by atoms with Gasteiger partial charge in [0.15, 0.2) is 0 Å². The first-order chi connectivity index (χ1) is 12.8. The molecule has 148 valence electrons. The van der Waals surface area contributed by atoms with Crippen molar-refractivity contribution in [1.29, 1.82) is 0 Å². The van der Waals surface area contributed by atoms with E-state index in [1.165, 1.54) is 6.07 Å². The number of carbonyl (C=O) groups excluding carboxylic acids is 3. The van der Waals surface area contributed by atoms with E-state index in [1.54, 1.807) is 28.9 Å². The highest BCUT2D eigenvalue weighted by atomic mass is 16.3. The smallest absolute Gasteiger partial charge is 0.255 e. The van der Waals surface area contributed by atoms with Crippen molar-refractivity contribution in [3.63, 3.8) is 0 Å². The highest BCUT2D eigenvalue weighted by Gasteiger charge is 2.41. The molecule has 1 fully saturated rings. The van der Waals surface area contributed by atoms with Crippen molar-refractivity contribution in [2.45, 2.75) is 52.6 Å². The van der Waals surface area contributed by atoms with Gasteiger partial charge in [-0.05, 0) is 39.3 Å². The van der Waals surface area contributed by atoms with E-state index in [0.29, 0.717) is 32.5 Å². The summed E-state index contributed by atoms with van der Waals surface area (Å²) in [6, 6.07) is 3.93. The third-order valence-electron chi connectivity index (χ3n) is 5.02. The third kappa shape index (κ3) is 4.59. The second kappa shape index (κ2) is 8.88. The van der Waals surface area contributed by atoms with Crippen LogP contribution in [0.2, 0.25) is 0 Å². The topological polar surface area (TPSA) is 90.0 Å². The number of hydrogen-bond acceptors (Lipinski definition) is 4. The lowest BCUT2D eigenvalue weighted by Crippen LogP contribution is -2.47. The van der Waals surface area contributed by atoms with Crippen molar-refractivity contribution < 1.29 is 19.5 Å². The number of benzene rings is 1. The molecule has 1 aromatic carbocycles. The van der Waals surface area contributed by atoms with Crippen LogP contribution in [0.5, 0.6) is 5.75 Å². The van der Waals surface area contributed by atoms with Gasteiger partial charge >= 0.3 is 0 Å². The van der Waals surface area contributed by atoms with Crippen LogP contribution in [0.4, 0.5) is 0 Å². The van der Waals surface area contributed by atoms with Gasteiger partial charge in [-0.2, -0.15) is 0 Å². The number of aryl methyl sites for hydroxylation is 1. The molecule has 0 aliphatic carbocycles. The molecule has 0 unspecified atom stereocenters. The number of aromatic hydroxyl groups is 1. The van der Waals surface area contributed by atoms with Gasteiger partial charge in [0.1, 0.15) is 11.8 Å². The average Bonchev–Trinajstić information content (AvgIpc) is 3.07. The highest BCUT2D eigenvalue weighted by Crippen LogP contribution is 2.23. The first kappa shape index (κ1) is 20.7. The fourth-order valence-corrected chi connectivity index (χ4v) is 3.49. The van der Waals surface area contributed by atoms with Crippen LogP contribution in [-0.4, -0.2) is 64.3 Å². The van der Waals surface area contributed by atoms with Gasteiger partial charge in [0, 0.05) is 32.1 Å². The number of likely N-dealkylation sites (tertiary alicyclic amines) is 1. The maximum Gasteiger partial charge on any atom is 0.255 e. The molecule has 7 heteroatoms. The van der Waals surface area contributed by atoms with Crippen molar-refractivity contribution in [2.75, 3.05) is 19.6 Å². The molecule has 1 saturated heterocycles. The Morgan fingerprint density at radius 3 is 2.48 bits per heavy atom. The number of nitrogens with one attached hydrogen (secondary N) is 1. The second-order valence-corrected chi connectivity index (χ2v) is 6.85. The Kier molecular flexibility index (Phi) is 6.82. The van der Waals surface area contributed by atoms with Gasteiger partial charge in [-0.25, -0.2) is 0 Å². The first-order valence-electron chi connectivity index (χ1n) is 9.51. The van der Waals surface area contributed by atoms with E-state index in [9.17, 15) is 19.5 Å². The molecule has 7 nitrogen and oxygen atoms in total. The number of phenols is 1. The van der Waals surface area contributed by atoms with Crippen molar-refractivity contribution in [3.05, 3.63) is 29.3 Å². The average molecular weight is 375 g/mol. The number of likely N-dealkylation sites (N-methyl/N-ethyl adjacent to an activating group) is 1. The molecule has 1 heterocycles. The molecule has 2 rings (SSSR count). The largest absolute Gasteiger partial charge is 0.507 e. The van der Waals surface area contributed by atoms with E-state index >= 15 is 0 Å². The molecule has 2 N–H and O–H groups in total. The molecule has 27 heavy (non-hydrogen) atoms. The lowest BCUT2D eigenvalue weighted by Gasteiger charge is -2.28.